The van der Waals surface area contributed by atoms with Crippen molar-refractivity contribution in [2.75, 3.05) is 19.4 Å². The number of rotatable bonds is 8. The SMILES string of the molecule is CSc1ccc(CCNC(=O)c2ccc(Oc3cc4c(cc3Cl)C(C(=O)O)CCO4)cc2)cc1. The van der Waals surface area contributed by atoms with Crippen LogP contribution >= 0.6 is 23.4 Å². The summed E-state index contributed by atoms with van der Waals surface area (Å²) in [5.74, 6) is -0.405. The van der Waals surface area contributed by atoms with Gasteiger partial charge in [-0.1, -0.05) is 23.7 Å². The lowest BCUT2D eigenvalue weighted by molar-refractivity contribution is -0.139. The molecule has 1 aliphatic heterocycles. The highest BCUT2D eigenvalue weighted by Gasteiger charge is 2.29. The predicted octanol–water partition coefficient (Wildman–Crippen LogP) is 5.78. The van der Waals surface area contributed by atoms with Gasteiger partial charge in [0.2, 0.25) is 0 Å². The molecular formula is C26H24ClNO5S. The summed E-state index contributed by atoms with van der Waals surface area (Å²) < 4.78 is 11.5. The summed E-state index contributed by atoms with van der Waals surface area (Å²) in [7, 11) is 0. The number of fused-ring (bicyclic) bond motifs is 1. The summed E-state index contributed by atoms with van der Waals surface area (Å²) in [4.78, 5) is 25.2. The summed E-state index contributed by atoms with van der Waals surface area (Å²) in [5.41, 5.74) is 2.24. The number of halogens is 1. The molecule has 0 radical (unpaired) electrons. The maximum atomic E-state index is 12.5. The fourth-order valence-corrected chi connectivity index (χ4v) is 4.36. The number of hydrogen-bond donors (Lipinski definition) is 2. The van der Waals surface area contributed by atoms with Crippen LogP contribution in [0.15, 0.2) is 65.6 Å². The van der Waals surface area contributed by atoms with Crippen LogP contribution in [0, 0.1) is 0 Å². The molecule has 0 saturated carbocycles. The molecule has 0 saturated heterocycles. The van der Waals surface area contributed by atoms with E-state index in [9.17, 15) is 14.7 Å². The van der Waals surface area contributed by atoms with Gasteiger partial charge in [0.1, 0.15) is 17.2 Å². The van der Waals surface area contributed by atoms with E-state index in [1.54, 1.807) is 48.2 Å². The summed E-state index contributed by atoms with van der Waals surface area (Å²) in [6, 6.07) is 18.2. The van der Waals surface area contributed by atoms with Gasteiger partial charge in [-0.3, -0.25) is 9.59 Å². The van der Waals surface area contributed by atoms with E-state index in [0.29, 0.717) is 53.0 Å². The highest BCUT2D eigenvalue weighted by molar-refractivity contribution is 7.98. The zero-order chi connectivity index (χ0) is 24.1. The fraction of sp³-hybridized carbons (Fsp3) is 0.231. The molecule has 1 heterocycles. The minimum Gasteiger partial charge on any atom is -0.493 e. The number of carboxylic acids is 1. The van der Waals surface area contributed by atoms with Crippen LogP contribution in [0.1, 0.15) is 33.8 Å². The molecule has 1 aliphatic rings. The fourth-order valence-electron chi connectivity index (χ4n) is 3.74. The van der Waals surface area contributed by atoms with Gasteiger partial charge in [-0.15, -0.1) is 11.8 Å². The van der Waals surface area contributed by atoms with Crippen LogP contribution in [-0.4, -0.2) is 36.4 Å². The Labute approximate surface area is 207 Å². The lowest BCUT2D eigenvalue weighted by Crippen LogP contribution is -2.25. The maximum Gasteiger partial charge on any atom is 0.311 e. The van der Waals surface area contributed by atoms with Crippen molar-refractivity contribution in [3.8, 4) is 17.2 Å². The largest absolute Gasteiger partial charge is 0.493 e. The molecular weight excluding hydrogens is 474 g/mol. The zero-order valence-electron chi connectivity index (χ0n) is 18.5. The van der Waals surface area contributed by atoms with Crippen LogP contribution in [0.5, 0.6) is 17.2 Å². The normalized spacial score (nSPS) is 14.6. The van der Waals surface area contributed by atoms with Gasteiger partial charge in [-0.2, -0.15) is 0 Å². The van der Waals surface area contributed by atoms with Crippen molar-refractivity contribution in [3.63, 3.8) is 0 Å². The van der Waals surface area contributed by atoms with Gasteiger partial charge in [0.15, 0.2) is 0 Å². The van der Waals surface area contributed by atoms with Crippen molar-refractivity contribution in [2.24, 2.45) is 0 Å². The van der Waals surface area contributed by atoms with Crippen molar-refractivity contribution in [2.45, 2.75) is 23.7 Å². The van der Waals surface area contributed by atoms with E-state index in [0.717, 1.165) is 6.42 Å². The lowest BCUT2D eigenvalue weighted by atomic mass is 9.93. The number of carboxylic acid groups (broad SMARTS) is 1. The first-order valence-electron chi connectivity index (χ1n) is 10.8. The molecule has 2 N–H and O–H groups in total. The molecule has 1 atom stereocenters. The molecule has 0 bridgehead atoms. The molecule has 34 heavy (non-hydrogen) atoms. The first-order chi connectivity index (χ1) is 16.4. The number of carbonyl (C=O) groups is 2. The quantitative estimate of drug-likeness (QED) is 0.384. The number of ether oxygens (including phenoxy) is 2. The number of carbonyl (C=O) groups excluding carboxylic acids is 1. The van der Waals surface area contributed by atoms with E-state index in [2.05, 4.69) is 29.6 Å². The second kappa shape index (κ2) is 10.8. The Morgan fingerprint density at radius 1 is 1.15 bits per heavy atom. The third-order valence-electron chi connectivity index (χ3n) is 5.60. The molecule has 176 valence electrons. The van der Waals surface area contributed by atoms with Crippen molar-refractivity contribution in [1.29, 1.82) is 0 Å². The molecule has 0 fully saturated rings. The van der Waals surface area contributed by atoms with Crippen molar-refractivity contribution < 1.29 is 24.2 Å². The van der Waals surface area contributed by atoms with Crippen molar-refractivity contribution in [1.82, 2.24) is 5.32 Å². The Morgan fingerprint density at radius 3 is 2.56 bits per heavy atom. The molecule has 0 spiro atoms. The van der Waals surface area contributed by atoms with Gasteiger partial charge in [0.05, 0.1) is 17.5 Å². The Hall–Kier alpha value is -3.16. The Kier molecular flexibility index (Phi) is 7.65. The van der Waals surface area contributed by atoms with E-state index < -0.39 is 11.9 Å². The molecule has 1 unspecified atom stereocenters. The van der Waals surface area contributed by atoms with Gasteiger partial charge in [0, 0.05) is 28.6 Å². The average molecular weight is 498 g/mol. The van der Waals surface area contributed by atoms with Crippen LogP contribution < -0.4 is 14.8 Å². The third kappa shape index (κ3) is 5.66. The van der Waals surface area contributed by atoms with Gasteiger partial charge >= 0.3 is 5.97 Å². The van der Waals surface area contributed by atoms with E-state index in [1.807, 2.05) is 6.26 Å². The van der Waals surface area contributed by atoms with Crippen LogP contribution in [-0.2, 0) is 11.2 Å². The second-order valence-corrected chi connectivity index (χ2v) is 9.12. The predicted molar refractivity (Wildman–Crippen MR) is 133 cm³/mol. The smallest absolute Gasteiger partial charge is 0.311 e. The zero-order valence-corrected chi connectivity index (χ0v) is 20.1. The summed E-state index contributed by atoms with van der Waals surface area (Å²) in [6.07, 6.45) is 3.19. The summed E-state index contributed by atoms with van der Waals surface area (Å²) in [5, 5.41) is 12.6. The van der Waals surface area contributed by atoms with E-state index in [1.165, 1.54) is 10.5 Å². The number of nitrogens with one attached hydrogen (secondary N) is 1. The minimum absolute atomic E-state index is 0.160. The molecule has 0 aliphatic carbocycles. The second-order valence-electron chi connectivity index (χ2n) is 7.83. The molecule has 3 aromatic carbocycles. The minimum atomic E-state index is -0.906. The number of hydrogen-bond acceptors (Lipinski definition) is 5. The van der Waals surface area contributed by atoms with Crippen LogP contribution in [0.2, 0.25) is 5.02 Å². The molecule has 1 amide bonds. The Morgan fingerprint density at radius 2 is 1.88 bits per heavy atom. The number of thioether (sulfide) groups is 1. The molecule has 3 aromatic rings. The van der Waals surface area contributed by atoms with E-state index in [4.69, 9.17) is 21.1 Å². The number of benzene rings is 3. The van der Waals surface area contributed by atoms with Gasteiger partial charge in [-0.05, 0) is 67.1 Å². The van der Waals surface area contributed by atoms with Gasteiger partial charge in [0.25, 0.3) is 5.91 Å². The Balaban J connectivity index is 1.36. The van der Waals surface area contributed by atoms with Crippen LogP contribution in [0.4, 0.5) is 0 Å². The third-order valence-corrected chi connectivity index (χ3v) is 6.64. The monoisotopic (exact) mass is 497 g/mol. The van der Waals surface area contributed by atoms with E-state index in [-0.39, 0.29) is 5.91 Å². The van der Waals surface area contributed by atoms with Crippen LogP contribution in [0.25, 0.3) is 0 Å². The first-order valence-corrected chi connectivity index (χ1v) is 12.4. The lowest BCUT2D eigenvalue weighted by Gasteiger charge is -2.24. The van der Waals surface area contributed by atoms with E-state index >= 15 is 0 Å². The van der Waals surface area contributed by atoms with Gasteiger partial charge < -0.3 is 19.9 Å². The van der Waals surface area contributed by atoms with Gasteiger partial charge in [-0.25, -0.2) is 0 Å². The Bertz CT molecular complexity index is 1180. The topological polar surface area (TPSA) is 84.9 Å². The average Bonchev–Trinajstić information content (AvgIpc) is 2.85. The van der Waals surface area contributed by atoms with Crippen LogP contribution in [0.3, 0.4) is 0 Å². The summed E-state index contributed by atoms with van der Waals surface area (Å²) in [6.45, 7) is 0.857. The summed E-state index contributed by atoms with van der Waals surface area (Å²) >= 11 is 8.05. The molecule has 6 nitrogen and oxygen atoms in total. The maximum absolute atomic E-state index is 12.5. The van der Waals surface area contributed by atoms with Crippen molar-refractivity contribution in [3.05, 3.63) is 82.4 Å². The molecule has 0 aromatic heterocycles. The van der Waals surface area contributed by atoms with Crippen molar-refractivity contribution >= 4 is 35.2 Å². The first kappa shape index (κ1) is 24.0. The molecule has 4 rings (SSSR count). The standard InChI is InChI=1S/C26H24ClNO5S/c1-34-19-8-2-16(3-9-19)10-12-28-25(29)17-4-6-18(7-5-17)33-24-15-23-21(14-22(24)27)20(26(30)31)11-13-32-23/h2-9,14-15,20H,10-13H2,1H3,(H,28,29)(H,30,31). The number of aliphatic carboxylic acids is 1. The molecule has 8 heteroatoms. The number of amides is 1. The highest BCUT2D eigenvalue weighted by Crippen LogP contribution is 2.41. The highest BCUT2D eigenvalue weighted by atomic mass is 35.5.